The molecule has 0 saturated carbocycles. The van der Waals surface area contributed by atoms with Crippen molar-refractivity contribution in [2.24, 2.45) is 0 Å². The van der Waals surface area contributed by atoms with Crippen molar-refractivity contribution in [1.29, 1.82) is 0 Å². The Morgan fingerprint density at radius 1 is 1.19 bits per heavy atom. The highest BCUT2D eigenvalue weighted by atomic mass is 32.1. The van der Waals surface area contributed by atoms with Crippen molar-refractivity contribution < 1.29 is 0 Å². The van der Waals surface area contributed by atoms with Crippen molar-refractivity contribution in [3.8, 4) is 10.6 Å². The molecule has 0 unspecified atom stereocenters. The quantitative estimate of drug-likeness (QED) is 0.769. The van der Waals surface area contributed by atoms with Gasteiger partial charge in [0, 0.05) is 12.7 Å². The Morgan fingerprint density at radius 3 is 2.71 bits per heavy atom. The Bertz CT molecular complexity index is 713. The first-order chi connectivity index (χ1) is 10.2. The maximum absolute atomic E-state index is 6.11. The molecule has 4 heteroatoms. The second-order valence-electron chi connectivity index (χ2n) is 5.22. The number of nitrogens with two attached hydrogens (primary N) is 1. The molecule has 0 atom stereocenters. The lowest BCUT2D eigenvalue weighted by Gasteiger charge is -2.02. The Kier molecular flexibility index (Phi) is 4.06. The van der Waals surface area contributed by atoms with E-state index in [0.717, 1.165) is 30.8 Å². The van der Waals surface area contributed by atoms with E-state index in [4.69, 9.17) is 5.73 Å². The highest BCUT2D eigenvalue weighted by molar-refractivity contribution is 7.13. The minimum atomic E-state index is 0.764. The van der Waals surface area contributed by atoms with Crippen molar-refractivity contribution in [3.63, 3.8) is 0 Å². The normalized spacial score (nSPS) is 10.9. The number of nitrogens with zero attached hydrogens (tertiary/aromatic N) is 2. The number of hydrogen-bond acceptors (Lipinski definition) is 3. The third-order valence-electron chi connectivity index (χ3n) is 3.56. The van der Waals surface area contributed by atoms with Crippen LogP contribution in [0.2, 0.25) is 0 Å². The molecule has 2 aromatic heterocycles. The molecule has 0 aliphatic carbocycles. The summed E-state index contributed by atoms with van der Waals surface area (Å²) >= 11 is 1.70. The number of hydrogen-bond donors (Lipinski definition) is 1. The van der Waals surface area contributed by atoms with Crippen LogP contribution in [0.3, 0.4) is 0 Å². The number of rotatable bonds is 5. The van der Waals surface area contributed by atoms with Crippen LogP contribution in [-0.4, -0.2) is 9.78 Å². The van der Waals surface area contributed by atoms with Crippen LogP contribution in [0.1, 0.15) is 17.5 Å². The summed E-state index contributed by atoms with van der Waals surface area (Å²) in [5, 5.41) is 6.73. The largest absolute Gasteiger partial charge is 0.396 e. The first-order valence-corrected chi connectivity index (χ1v) is 8.03. The van der Waals surface area contributed by atoms with Crippen LogP contribution in [0.5, 0.6) is 0 Å². The summed E-state index contributed by atoms with van der Waals surface area (Å²) in [5.41, 5.74) is 10.4. The lowest BCUT2D eigenvalue weighted by atomic mass is 10.1. The molecular formula is C17H19N3S. The van der Waals surface area contributed by atoms with E-state index in [1.54, 1.807) is 11.3 Å². The van der Waals surface area contributed by atoms with Crippen LogP contribution < -0.4 is 5.73 Å². The fourth-order valence-electron chi connectivity index (χ4n) is 2.43. The lowest BCUT2D eigenvalue weighted by Crippen LogP contribution is -2.00. The predicted octanol–water partition coefficient (Wildman–Crippen LogP) is 4.14. The average molecular weight is 297 g/mol. The van der Waals surface area contributed by atoms with Crippen LogP contribution in [0.25, 0.3) is 10.6 Å². The molecule has 3 rings (SSSR count). The number of thiophene rings is 1. The molecule has 108 valence electrons. The van der Waals surface area contributed by atoms with Crippen molar-refractivity contribution >= 4 is 17.0 Å². The predicted molar refractivity (Wildman–Crippen MR) is 89.5 cm³/mol. The SMILES string of the molecule is Cc1ccsc1-c1nn(CCCc2ccccc2)cc1N. The first-order valence-electron chi connectivity index (χ1n) is 7.15. The zero-order chi connectivity index (χ0) is 14.7. The second kappa shape index (κ2) is 6.14. The summed E-state index contributed by atoms with van der Waals surface area (Å²) in [6.45, 7) is 2.99. The summed E-state index contributed by atoms with van der Waals surface area (Å²) in [5.74, 6) is 0. The fraction of sp³-hybridized carbons (Fsp3) is 0.235. The number of aromatic nitrogens is 2. The zero-order valence-electron chi connectivity index (χ0n) is 12.1. The van der Waals surface area contributed by atoms with Crippen LogP contribution in [0, 0.1) is 6.92 Å². The molecule has 3 aromatic rings. The Morgan fingerprint density at radius 2 is 2.00 bits per heavy atom. The highest BCUT2D eigenvalue weighted by Crippen LogP contribution is 2.31. The molecule has 0 aliphatic rings. The summed E-state index contributed by atoms with van der Waals surface area (Å²) in [6, 6.07) is 12.6. The second-order valence-corrected chi connectivity index (χ2v) is 6.13. The number of benzene rings is 1. The molecule has 0 saturated heterocycles. The molecule has 0 bridgehead atoms. The smallest absolute Gasteiger partial charge is 0.125 e. The van der Waals surface area contributed by atoms with Gasteiger partial charge < -0.3 is 5.73 Å². The third kappa shape index (κ3) is 3.16. The molecule has 2 heterocycles. The van der Waals surface area contributed by atoms with Gasteiger partial charge in [0.05, 0.1) is 10.6 Å². The van der Waals surface area contributed by atoms with E-state index in [1.807, 2.05) is 16.9 Å². The van der Waals surface area contributed by atoms with E-state index >= 15 is 0 Å². The van der Waals surface area contributed by atoms with Gasteiger partial charge in [-0.1, -0.05) is 30.3 Å². The summed E-state index contributed by atoms with van der Waals surface area (Å²) < 4.78 is 1.97. The monoisotopic (exact) mass is 297 g/mol. The summed E-state index contributed by atoms with van der Waals surface area (Å²) in [4.78, 5) is 1.18. The number of anilines is 1. The van der Waals surface area contributed by atoms with Gasteiger partial charge in [-0.15, -0.1) is 11.3 Å². The van der Waals surface area contributed by atoms with Gasteiger partial charge in [0.25, 0.3) is 0 Å². The lowest BCUT2D eigenvalue weighted by molar-refractivity contribution is 0.580. The maximum atomic E-state index is 6.11. The topological polar surface area (TPSA) is 43.8 Å². The van der Waals surface area contributed by atoms with E-state index in [1.165, 1.54) is 16.0 Å². The van der Waals surface area contributed by atoms with Crippen molar-refractivity contribution in [1.82, 2.24) is 9.78 Å². The van der Waals surface area contributed by atoms with Crippen LogP contribution in [0.4, 0.5) is 5.69 Å². The third-order valence-corrected chi connectivity index (χ3v) is 4.59. The van der Waals surface area contributed by atoms with E-state index in [9.17, 15) is 0 Å². The van der Waals surface area contributed by atoms with Gasteiger partial charge in [-0.25, -0.2) is 0 Å². The molecule has 0 radical (unpaired) electrons. The number of nitrogen functional groups attached to an aromatic ring is 1. The molecule has 0 spiro atoms. The molecule has 21 heavy (non-hydrogen) atoms. The summed E-state index contributed by atoms with van der Waals surface area (Å²) in [6.07, 6.45) is 4.07. The van der Waals surface area contributed by atoms with Gasteiger partial charge in [0.2, 0.25) is 0 Å². The molecule has 0 amide bonds. The highest BCUT2D eigenvalue weighted by Gasteiger charge is 2.12. The summed E-state index contributed by atoms with van der Waals surface area (Å²) in [7, 11) is 0. The Hall–Kier alpha value is -2.07. The van der Waals surface area contributed by atoms with Crippen molar-refractivity contribution in [2.45, 2.75) is 26.3 Å². The van der Waals surface area contributed by atoms with E-state index in [2.05, 4.69) is 47.7 Å². The molecule has 0 aliphatic heterocycles. The van der Waals surface area contributed by atoms with Crippen LogP contribution in [0.15, 0.2) is 48.0 Å². The maximum Gasteiger partial charge on any atom is 0.125 e. The minimum Gasteiger partial charge on any atom is -0.396 e. The standard InChI is InChI=1S/C17H19N3S/c1-13-9-11-21-17(13)16-15(18)12-20(19-16)10-5-8-14-6-3-2-4-7-14/h2-4,6-7,9,11-12H,5,8,10,18H2,1H3. The Labute approximate surface area is 129 Å². The fourth-order valence-corrected chi connectivity index (χ4v) is 3.37. The Balaban J connectivity index is 1.66. The molecule has 0 fully saturated rings. The molecule has 3 nitrogen and oxygen atoms in total. The van der Waals surface area contributed by atoms with Gasteiger partial charge in [-0.2, -0.15) is 5.10 Å². The molecular weight excluding hydrogens is 278 g/mol. The van der Waals surface area contributed by atoms with Gasteiger partial charge in [0.1, 0.15) is 5.69 Å². The van der Waals surface area contributed by atoms with Crippen molar-refractivity contribution in [2.75, 3.05) is 5.73 Å². The van der Waals surface area contributed by atoms with E-state index < -0.39 is 0 Å². The van der Waals surface area contributed by atoms with Crippen LogP contribution >= 0.6 is 11.3 Å². The molecule has 2 N–H and O–H groups in total. The van der Waals surface area contributed by atoms with Crippen molar-refractivity contribution in [3.05, 3.63) is 59.1 Å². The van der Waals surface area contributed by atoms with E-state index in [0.29, 0.717) is 0 Å². The first kappa shape index (κ1) is 13.9. The number of aryl methyl sites for hydroxylation is 3. The van der Waals surface area contributed by atoms with Crippen LogP contribution in [-0.2, 0) is 13.0 Å². The minimum absolute atomic E-state index is 0.764. The van der Waals surface area contributed by atoms with Gasteiger partial charge in [-0.05, 0) is 42.3 Å². The average Bonchev–Trinajstić information content (AvgIpc) is 3.06. The van der Waals surface area contributed by atoms with Gasteiger partial charge >= 0.3 is 0 Å². The van der Waals surface area contributed by atoms with Gasteiger partial charge in [0.15, 0.2) is 0 Å². The molecule has 1 aromatic carbocycles. The zero-order valence-corrected chi connectivity index (χ0v) is 12.9. The van der Waals surface area contributed by atoms with Gasteiger partial charge in [-0.3, -0.25) is 4.68 Å². The van der Waals surface area contributed by atoms with E-state index in [-0.39, 0.29) is 0 Å².